The van der Waals surface area contributed by atoms with Gasteiger partial charge in [0, 0.05) is 31.9 Å². The first kappa shape index (κ1) is 16.0. The van der Waals surface area contributed by atoms with Crippen LogP contribution >= 0.6 is 11.6 Å². The van der Waals surface area contributed by atoms with Gasteiger partial charge in [-0.05, 0) is 37.1 Å². The largest absolute Gasteiger partial charge is 0.314 e. The highest BCUT2D eigenvalue weighted by molar-refractivity contribution is 6.31. The van der Waals surface area contributed by atoms with E-state index in [1.807, 2.05) is 24.1 Å². The Morgan fingerprint density at radius 2 is 1.95 bits per heavy atom. The molecule has 0 aliphatic rings. The second-order valence-electron chi connectivity index (χ2n) is 5.20. The molecule has 114 valence electrons. The Bertz CT molecular complexity index is 565. The van der Waals surface area contributed by atoms with Crippen molar-refractivity contribution in [2.75, 3.05) is 6.54 Å². The van der Waals surface area contributed by atoms with Gasteiger partial charge in [0.1, 0.15) is 0 Å². The van der Waals surface area contributed by atoms with Gasteiger partial charge < -0.3 is 5.32 Å². The van der Waals surface area contributed by atoms with Crippen LogP contribution in [0.1, 0.15) is 30.8 Å². The van der Waals surface area contributed by atoms with E-state index in [1.54, 1.807) is 0 Å². The van der Waals surface area contributed by atoms with Gasteiger partial charge >= 0.3 is 0 Å². The van der Waals surface area contributed by atoms with Crippen molar-refractivity contribution < 1.29 is 0 Å². The quantitative estimate of drug-likeness (QED) is 0.855. The monoisotopic (exact) mass is 306 g/mol. The SMILES string of the molecule is CCNC(Cc1ccncc1)Cc1c(Cl)c(CC)nn1C. The van der Waals surface area contributed by atoms with Gasteiger partial charge in [-0.25, -0.2) is 0 Å². The summed E-state index contributed by atoms with van der Waals surface area (Å²) >= 11 is 6.46. The van der Waals surface area contributed by atoms with Gasteiger partial charge in [0.2, 0.25) is 0 Å². The Kier molecular flexibility index (Phi) is 5.76. The van der Waals surface area contributed by atoms with Crippen LogP contribution in [0.3, 0.4) is 0 Å². The van der Waals surface area contributed by atoms with E-state index in [4.69, 9.17) is 11.6 Å². The van der Waals surface area contributed by atoms with Crippen molar-refractivity contribution in [3.8, 4) is 0 Å². The Morgan fingerprint density at radius 1 is 1.24 bits per heavy atom. The maximum Gasteiger partial charge on any atom is 0.0850 e. The molecule has 0 saturated carbocycles. The second-order valence-corrected chi connectivity index (χ2v) is 5.58. The molecule has 21 heavy (non-hydrogen) atoms. The zero-order valence-electron chi connectivity index (χ0n) is 12.9. The van der Waals surface area contributed by atoms with Crippen LogP contribution in [0.2, 0.25) is 5.02 Å². The summed E-state index contributed by atoms with van der Waals surface area (Å²) in [6, 6.07) is 4.47. The Labute approximate surface area is 131 Å². The number of likely N-dealkylation sites (N-methyl/N-ethyl adjacent to an activating group) is 1. The molecule has 0 spiro atoms. The third-order valence-corrected chi connectivity index (χ3v) is 4.10. The number of hydrogen-bond acceptors (Lipinski definition) is 3. The van der Waals surface area contributed by atoms with Gasteiger partial charge in [-0.15, -0.1) is 0 Å². The van der Waals surface area contributed by atoms with Crippen LogP contribution in [0.15, 0.2) is 24.5 Å². The minimum absolute atomic E-state index is 0.343. The molecule has 0 bridgehead atoms. The van der Waals surface area contributed by atoms with Crippen LogP contribution in [-0.4, -0.2) is 27.4 Å². The van der Waals surface area contributed by atoms with Gasteiger partial charge in [0.25, 0.3) is 0 Å². The van der Waals surface area contributed by atoms with E-state index >= 15 is 0 Å². The lowest BCUT2D eigenvalue weighted by Crippen LogP contribution is -2.33. The molecular weight excluding hydrogens is 284 g/mol. The number of rotatable bonds is 7. The molecule has 0 saturated heterocycles. The van der Waals surface area contributed by atoms with Crippen molar-refractivity contribution >= 4 is 11.6 Å². The molecule has 2 rings (SSSR count). The lowest BCUT2D eigenvalue weighted by molar-refractivity contribution is 0.504. The average Bonchev–Trinajstić information content (AvgIpc) is 2.76. The lowest BCUT2D eigenvalue weighted by Gasteiger charge is -2.18. The van der Waals surface area contributed by atoms with E-state index in [9.17, 15) is 0 Å². The minimum Gasteiger partial charge on any atom is -0.314 e. The molecule has 0 radical (unpaired) electrons. The van der Waals surface area contributed by atoms with Crippen molar-refractivity contribution in [3.05, 3.63) is 46.5 Å². The highest BCUT2D eigenvalue weighted by atomic mass is 35.5. The van der Waals surface area contributed by atoms with Crippen LogP contribution in [0.5, 0.6) is 0 Å². The number of nitrogens with zero attached hydrogens (tertiary/aromatic N) is 3. The maximum atomic E-state index is 6.46. The summed E-state index contributed by atoms with van der Waals surface area (Å²) in [6.45, 7) is 5.14. The lowest BCUT2D eigenvalue weighted by atomic mass is 10.0. The number of aryl methyl sites for hydroxylation is 2. The van der Waals surface area contributed by atoms with Gasteiger partial charge in [-0.1, -0.05) is 25.4 Å². The van der Waals surface area contributed by atoms with Crippen LogP contribution in [0.4, 0.5) is 0 Å². The molecule has 0 aromatic carbocycles. The van der Waals surface area contributed by atoms with Crippen molar-refractivity contribution in [1.82, 2.24) is 20.1 Å². The van der Waals surface area contributed by atoms with Gasteiger partial charge in [-0.2, -0.15) is 5.10 Å². The van der Waals surface area contributed by atoms with Crippen molar-refractivity contribution in [2.45, 2.75) is 39.2 Å². The number of nitrogens with one attached hydrogen (secondary N) is 1. The second kappa shape index (κ2) is 7.57. The minimum atomic E-state index is 0.343. The molecule has 2 heterocycles. The predicted molar refractivity (Wildman–Crippen MR) is 86.7 cm³/mol. The molecule has 1 atom stereocenters. The van der Waals surface area contributed by atoms with E-state index in [1.165, 1.54) is 5.56 Å². The molecule has 4 nitrogen and oxygen atoms in total. The van der Waals surface area contributed by atoms with Crippen molar-refractivity contribution in [1.29, 1.82) is 0 Å². The molecule has 0 fully saturated rings. The summed E-state index contributed by atoms with van der Waals surface area (Å²) < 4.78 is 1.91. The maximum absolute atomic E-state index is 6.46. The highest BCUT2D eigenvalue weighted by Crippen LogP contribution is 2.22. The summed E-state index contributed by atoms with van der Waals surface area (Å²) in [6.07, 6.45) is 6.37. The van der Waals surface area contributed by atoms with E-state index in [0.717, 1.165) is 42.2 Å². The number of pyridine rings is 1. The van der Waals surface area contributed by atoms with Crippen LogP contribution in [-0.2, 0) is 26.3 Å². The molecule has 2 aromatic heterocycles. The average molecular weight is 307 g/mol. The summed E-state index contributed by atoms with van der Waals surface area (Å²) in [7, 11) is 1.97. The zero-order valence-corrected chi connectivity index (χ0v) is 13.7. The topological polar surface area (TPSA) is 42.7 Å². The third-order valence-electron chi connectivity index (χ3n) is 3.67. The normalized spacial score (nSPS) is 12.6. The van der Waals surface area contributed by atoms with E-state index in [2.05, 4.69) is 41.4 Å². The molecule has 1 N–H and O–H groups in total. The van der Waals surface area contributed by atoms with E-state index < -0.39 is 0 Å². The zero-order chi connectivity index (χ0) is 15.2. The fraction of sp³-hybridized carbons (Fsp3) is 0.500. The van der Waals surface area contributed by atoms with Crippen LogP contribution in [0.25, 0.3) is 0 Å². The Hall–Kier alpha value is -1.39. The smallest absolute Gasteiger partial charge is 0.0850 e. The summed E-state index contributed by atoms with van der Waals surface area (Å²) in [5.74, 6) is 0. The van der Waals surface area contributed by atoms with Gasteiger partial charge in [-0.3, -0.25) is 9.67 Å². The highest BCUT2D eigenvalue weighted by Gasteiger charge is 2.17. The summed E-state index contributed by atoms with van der Waals surface area (Å²) in [5, 5.41) is 8.85. The van der Waals surface area contributed by atoms with Gasteiger partial charge in [0.15, 0.2) is 0 Å². The number of hydrogen-bond donors (Lipinski definition) is 1. The molecule has 0 amide bonds. The molecular formula is C16H23ClN4. The number of aromatic nitrogens is 3. The van der Waals surface area contributed by atoms with Crippen LogP contribution < -0.4 is 5.32 Å². The van der Waals surface area contributed by atoms with E-state index in [0.29, 0.717) is 6.04 Å². The van der Waals surface area contributed by atoms with Crippen LogP contribution in [0, 0.1) is 0 Å². The van der Waals surface area contributed by atoms with E-state index in [-0.39, 0.29) is 0 Å². The molecule has 0 aliphatic carbocycles. The van der Waals surface area contributed by atoms with Gasteiger partial charge in [0.05, 0.1) is 16.4 Å². The first-order valence-corrected chi connectivity index (χ1v) is 7.86. The standard InChI is InChI=1S/C16H23ClN4/c1-4-14-16(17)15(21(3)20-14)11-13(19-5-2)10-12-6-8-18-9-7-12/h6-9,13,19H,4-5,10-11H2,1-3H3. The van der Waals surface area contributed by atoms with Crippen molar-refractivity contribution in [2.24, 2.45) is 7.05 Å². The molecule has 2 aromatic rings. The molecule has 1 unspecified atom stereocenters. The summed E-state index contributed by atoms with van der Waals surface area (Å²) in [4.78, 5) is 4.07. The Balaban J connectivity index is 2.14. The molecule has 5 heteroatoms. The fourth-order valence-corrected chi connectivity index (χ4v) is 2.95. The third kappa shape index (κ3) is 4.05. The predicted octanol–water partition coefficient (Wildman–Crippen LogP) is 2.79. The first-order chi connectivity index (χ1) is 10.2. The molecule has 0 aliphatic heterocycles. The summed E-state index contributed by atoms with van der Waals surface area (Å²) in [5.41, 5.74) is 3.37. The fourth-order valence-electron chi connectivity index (χ4n) is 2.58. The number of halogens is 1. The first-order valence-electron chi connectivity index (χ1n) is 7.48. The van der Waals surface area contributed by atoms with Crippen molar-refractivity contribution in [3.63, 3.8) is 0 Å². The Morgan fingerprint density at radius 3 is 2.52 bits per heavy atom.